The summed E-state index contributed by atoms with van der Waals surface area (Å²) in [4.78, 5) is 0. The van der Waals surface area contributed by atoms with Gasteiger partial charge in [-0.15, -0.1) is 0 Å². The van der Waals surface area contributed by atoms with Gasteiger partial charge in [-0.2, -0.15) is 0 Å². The molecule has 0 amide bonds. The van der Waals surface area contributed by atoms with Crippen LogP contribution in [0.25, 0.3) is 0 Å². The Morgan fingerprint density at radius 1 is 1.60 bits per heavy atom. The SMILES string of the molecule is [CH2-]PC.[CH3-].[Zn+2]. The average molecular weight is 141 g/mol. The zero-order valence-corrected chi connectivity index (χ0v) is 7.88. The Morgan fingerprint density at radius 3 is 1.60 bits per heavy atom. The van der Waals surface area contributed by atoms with E-state index in [4.69, 9.17) is 0 Å². The van der Waals surface area contributed by atoms with Gasteiger partial charge in [-0.25, -0.2) is 0 Å². The number of rotatable bonds is 0. The molecule has 1 unspecified atom stereocenters. The molecule has 0 N–H and O–H groups in total. The molecule has 0 aliphatic carbocycles. The van der Waals surface area contributed by atoms with E-state index in [0.29, 0.717) is 0 Å². The van der Waals surface area contributed by atoms with Crippen LogP contribution < -0.4 is 0 Å². The molecule has 0 bridgehead atoms. The molecular formula is C3H9PZn. The first-order valence-electron chi connectivity index (χ1n) is 0.854. The Kier molecular flexibility index (Phi) is 65.3. The van der Waals surface area contributed by atoms with E-state index in [1.807, 2.05) is 6.66 Å². The number of hydrogen-bond donors (Lipinski definition) is 0. The zero-order chi connectivity index (χ0) is 2.71. The van der Waals surface area contributed by atoms with Crippen molar-refractivity contribution in [2.75, 3.05) is 6.66 Å². The van der Waals surface area contributed by atoms with Crippen LogP contribution >= 0.6 is 8.58 Å². The molecule has 2 heteroatoms. The van der Waals surface area contributed by atoms with Gasteiger partial charge >= 0.3 is 19.5 Å². The van der Waals surface area contributed by atoms with Crippen molar-refractivity contribution >= 4 is 8.58 Å². The van der Waals surface area contributed by atoms with E-state index >= 15 is 0 Å². The van der Waals surface area contributed by atoms with E-state index in [-0.39, 0.29) is 26.9 Å². The second kappa shape index (κ2) is 19.7. The minimum absolute atomic E-state index is 0. The Morgan fingerprint density at radius 2 is 1.60 bits per heavy atom. The van der Waals surface area contributed by atoms with E-state index in [1.165, 1.54) is 0 Å². The quantitative estimate of drug-likeness (QED) is 0.273. The van der Waals surface area contributed by atoms with Crippen LogP contribution in [0.3, 0.4) is 0 Å². The summed E-state index contributed by atoms with van der Waals surface area (Å²) in [5, 5.41) is 0. The molecule has 0 saturated carbocycles. The van der Waals surface area contributed by atoms with Crippen molar-refractivity contribution in [2.45, 2.75) is 0 Å². The van der Waals surface area contributed by atoms with Gasteiger partial charge in [-0.3, -0.25) is 8.58 Å². The Balaban J connectivity index is -0.0000000200. The first kappa shape index (κ1) is 16.6. The molecule has 0 nitrogen and oxygen atoms in total. The van der Waals surface area contributed by atoms with Crippen LogP contribution in [0, 0.1) is 14.1 Å². The molecule has 0 saturated heterocycles. The molecule has 0 radical (unpaired) electrons. The summed E-state index contributed by atoms with van der Waals surface area (Å²) in [7, 11) is 0.833. The van der Waals surface area contributed by atoms with Crippen LogP contribution in [-0.2, 0) is 19.5 Å². The van der Waals surface area contributed by atoms with Gasteiger partial charge in [0.25, 0.3) is 0 Å². The van der Waals surface area contributed by atoms with E-state index in [9.17, 15) is 0 Å². The minimum atomic E-state index is 0. The summed E-state index contributed by atoms with van der Waals surface area (Å²) in [5.74, 6) is 0. The summed E-state index contributed by atoms with van der Waals surface area (Å²) in [6, 6.07) is 0. The fraction of sp³-hybridized carbons (Fsp3) is 0.333. The van der Waals surface area contributed by atoms with Gasteiger partial charge in [0, 0.05) is 0 Å². The zero-order valence-electron chi connectivity index (χ0n) is 3.91. The fourth-order valence-electron chi connectivity index (χ4n) is 0. The maximum Gasteiger partial charge on any atom is 2.00 e. The summed E-state index contributed by atoms with van der Waals surface area (Å²) < 4.78 is 0. The van der Waals surface area contributed by atoms with Gasteiger partial charge in [0.1, 0.15) is 0 Å². The molecule has 0 rings (SSSR count). The molecule has 28 valence electrons. The van der Waals surface area contributed by atoms with Crippen molar-refractivity contribution in [1.82, 2.24) is 0 Å². The van der Waals surface area contributed by atoms with Crippen LogP contribution in [0.1, 0.15) is 0 Å². The molecular weight excluding hydrogens is 132 g/mol. The maximum absolute atomic E-state index is 3.51. The third kappa shape index (κ3) is 42.5. The van der Waals surface area contributed by atoms with Gasteiger partial charge in [-0.1, -0.05) is 6.66 Å². The van der Waals surface area contributed by atoms with E-state index in [0.717, 1.165) is 8.58 Å². The maximum atomic E-state index is 3.51. The van der Waals surface area contributed by atoms with Crippen molar-refractivity contribution in [3.05, 3.63) is 14.1 Å². The molecule has 0 fully saturated rings. The van der Waals surface area contributed by atoms with Crippen molar-refractivity contribution in [1.29, 1.82) is 0 Å². The van der Waals surface area contributed by atoms with Gasteiger partial charge in [-0.05, 0) is 0 Å². The summed E-state index contributed by atoms with van der Waals surface area (Å²) in [6.07, 6.45) is 0. The summed E-state index contributed by atoms with van der Waals surface area (Å²) in [6.45, 7) is 5.56. The Bertz CT molecular complexity index is 6.85. The normalized spacial score (nSPS) is 6.00. The van der Waals surface area contributed by atoms with Crippen molar-refractivity contribution in [2.24, 2.45) is 0 Å². The van der Waals surface area contributed by atoms with Crippen LogP contribution in [-0.4, -0.2) is 6.66 Å². The van der Waals surface area contributed by atoms with E-state index in [1.54, 1.807) is 0 Å². The number of hydrogen-bond acceptors (Lipinski definition) is 0. The largest absolute Gasteiger partial charge is 2.00 e. The Hall–Kier alpha value is 1.05. The summed E-state index contributed by atoms with van der Waals surface area (Å²) >= 11 is 0. The molecule has 0 spiro atoms. The van der Waals surface area contributed by atoms with Gasteiger partial charge in [0.2, 0.25) is 0 Å². The van der Waals surface area contributed by atoms with E-state index in [2.05, 4.69) is 6.66 Å². The second-order valence-electron chi connectivity index (χ2n) is 0.354. The fourth-order valence-corrected chi connectivity index (χ4v) is 0. The predicted octanol–water partition coefficient (Wildman–Crippen LogP) is 1.53. The predicted molar refractivity (Wildman–Crippen MR) is 26.0 cm³/mol. The van der Waals surface area contributed by atoms with Gasteiger partial charge in [0.15, 0.2) is 0 Å². The molecule has 0 aromatic carbocycles. The van der Waals surface area contributed by atoms with Crippen molar-refractivity contribution < 1.29 is 19.5 Å². The average Bonchev–Trinajstić information content (AvgIpc) is 0.918. The molecule has 5 heavy (non-hydrogen) atoms. The van der Waals surface area contributed by atoms with Gasteiger partial charge in [0.05, 0.1) is 0 Å². The standard InChI is InChI=1S/C2H6P.CH3.Zn/c1-3-2;;/h3H,1H2,2H3;1H3;/q2*-1;+2. The molecule has 0 heterocycles. The van der Waals surface area contributed by atoms with Crippen molar-refractivity contribution in [3.8, 4) is 0 Å². The molecule has 0 aliphatic heterocycles. The third-order valence-corrected chi connectivity index (χ3v) is 0. The minimum Gasteiger partial charge on any atom is -0.358 e. The second-order valence-corrected chi connectivity index (χ2v) is 1.06. The van der Waals surface area contributed by atoms with Crippen LogP contribution in [0.15, 0.2) is 0 Å². The molecule has 0 aliphatic rings. The Labute approximate surface area is 49.3 Å². The van der Waals surface area contributed by atoms with Crippen molar-refractivity contribution in [3.63, 3.8) is 0 Å². The topological polar surface area (TPSA) is 0 Å². The first-order valence-corrected chi connectivity index (χ1v) is 2.56. The summed E-state index contributed by atoms with van der Waals surface area (Å²) in [5.41, 5.74) is 0. The van der Waals surface area contributed by atoms with E-state index < -0.39 is 0 Å². The molecule has 0 aromatic heterocycles. The molecule has 0 aromatic rings. The van der Waals surface area contributed by atoms with Gasteiger partial charge < -0.3 is 14.1 Å². The smallest absolute Gasteiger partial charge is 0.358 e. The third-order valence-electron chi connectivity index (χ3n) is 0. The van der Waals surface area contributed by atoms with Crippen LogP contribution in [0.4, 0.5) is 0 Å². The first-order chi connectivity index (χ1) is 1.41. The van der Waals surface area contributed by atoms with Crippen LogP contribution in [0.2, 0.25) is 0 Å². The molecule has 1 atom stereocenters. The van der Waals surface area contributed by atoms with Crippen LogP contribution in [0.5, 0.6) is 0 Å². The monoisotopic (exact) mass is 140 g/mol.